The number of benzene rings is 1. The molecule has 3 nitrogen and oxygen atoms in total. The summed E-state index contributed by atoms with van der Waals surface area (Å²) in [5.74, 6) is 0. The number of fused-ring (bicyclic) bond motifs is 1. The Hall–Kier alpha value is -2.60. The Kier molecular flexibility index (Phi) is 2.99. The van der Waals surface area contributed by atoms with E-state index in [1.807, 2.05) is 36.5 Å². The molecule has 0 amide bonds. The summed E-state index contributed by atoms with van der Waals surface area (Å²) in [6.07, 6.45) is 5.76. The smallest absolute Gasteiger partial charge is 0.137 e. The predicted octanol–water partition coefficient (Wildman–Crippen LogP) is 3.22. The van der Waals surface area contributed by atoms with E-state index < -0.39 is 0 Å². The molecule has 0 saturated heterocycles. The summed E-state index contributed by atoms with van der Waals surface area (Å²) in [5, 5.41) is 9.96. The summed E-state index contributed by atoms with van der Waals surface area (Å²) in [7, 11) is 0. The molecule has 1 aromatic carbocycles. The standard InChI is InChI=1S/C16H13N3/c17-10-13-5-3-12(4-6-13)7-8-14-11-19-16-15(14)2-1-9-18-16/h1-6,9,11H,7-8H2,(H,18,19). The number of hydrogen-bond acceptors (Lipinski definition) is 2. The van der Waals surface area contributed by atoms with Crippen LogP contribution in [0.4, 0.5) is 0 Å². The average molecular weight is 247 g/mol. The summed E-state index contributed by atoms with van der Waals surface area (Å²) in [6, 6.07) is 14.0. The highest BCUT2D eigenvalue weighted by atomic mass is 14.8. The molecule has 2 heterocycles. The van der Waals surface area contributed by atoms with E-state index in [0.29, 0.717) is 5.56 Å². The third-order valence-corrected chi connectivity index (χ3v) is 3.30. The van der Waals surface area contributed by atoms with Crippen molar-refractivity contribution < 1.29 is 0 Å². The molecular weight excluding hydrogens is 234 g/mol. The van der Waals surface area contributed by atoms with Crippen LogP contribution in [0.5, 0.6) is 0 Å². The molecule has 3 aromatic rings. The molecule has 1 N–H and O–H groups in total. The monoisotopic (exact) mass is 247 g/mol. The quantitative estimate of drug-likeness (QED) is 0.772. The van der Waals surface area contributed by atoms with E-state index in [2.05, 4.69) is 22.1 Å². The molecule has 0 saturated carbocycles. The van der Waals surface area contributed by atoms with E-state index in [-0.39, 0.29) is 0 Å². The number of hydrogen-bond donors (Lipinski definition) is 1. The van der Waals surface area contributed by atoms with Gasteiger partial charge in [-0.1, -0.05) is 12.1 Å². The third kappa shape index (κ3) is 2.34. The Bertz CT molecular complexity index is 733. The number of rotatable bonds is 3. The van der Waals surface area contributed by atoms with E-state index in [9.17, 15) is 0 Å². The SMILES string of the molecule is N#Cc1ccc(CCc2c[nH]c3ncccc23)cc1. The van der Waals surface area contributed by atoms with Gasteiger partial charge in [0.2, 0.25) is 0 Å². The highest BCUT2D eigenvalue weighted by molar-refractivity contribution is 5.79. The molecule has 2 aromatic heterocycles. The molecule has 0 aliphatic heterocycles. The van der Waals surface area contributed by atoms with Crippen molar-refractivity contribution in [1.29, 1.82) is 5.26 Å². The second-order valence-electron chi connectivity index (χ2n) is 4.52. The second kappa shape index (κ2) is 4.95. The van der Waals surface area contributed by atoms with Crippen LogP contribution in [-0.2, 0) is 12.8 Å². The topological polar surface area (TPSA) is 52.5 Å². The van der Waals surface area contributed by atoms with Crippen molar-refractivity contribution in [2.75, 3.05) is 0 Å². The van der Waals surface area contributed by atoms with Crippen LogP contribution in [0.3, 0.4) is 0 Å². The van der Waals surface area contributed by atoms with Gasteiger partial charge in [0.25, 0.3) is 0 Å². The van der Waals surface area contributed by atoms with E-state index >= 15 is 0 Å². The number of nitriles is 1. The summed E-state index contributed by atoms with van der Waals surface area (Å²) >= 11 is 0. The minimum Gasteiger partial charge on any atom is -0.346 e. The molecule has 3 heteroatoms. The first-order chi connectivity index (χ1) is 9.36. The van der Waals surface area contributed by atoms with Crippen molar-refractivity contribution in [2.45, 2.75) is 12.8 Å². The Balaban J connectivity index is 1.77. The molecule has 19 heavy (non-hydrogen) atoms. The highest BCUT2D eigenvalue weighted by Gasteiger charge is 2.04. The molecule has 0 fully saturated rings. The average Bonchev–Trinajstić information content (AvgIpc) is 2.89. The molecule has 0 radical (unpaired) electrons. The van der Waals surface area contributed by atoms with Crippen molar-refractivity contribution in [3.05, 3.63) is 65.5 Å². The van der Waals surface area contributed by atoms with Crippen molar-refractivity contribution in [1.82, 2.24) is 9.97 Å². The van der Waals surface area contributed by atoms with Gasteiger partial charge in [0.15, 0.2) is 0 Å². The van der Waals surface area contributed by atoms with Gasteiger partial charge in [-0.15, -0.1) is 0 Å². The maximum Gasteiger partial charge on any atom is 0.137 e. The summed E-state index contributed by atoms with van der Waals surface area (Å²) < 4.78 is 0. The molecular formula is C16H13N3. The minimum atomic E-state index is 0.708. The van der Waals surface area contributed by atoms with E-state index in [1.54, 1.807) is 6.20 Å². The van der Waals surface area contributed by atoms with E-state index in [1.165, 1.54) is 16.5 Å². The molecule has 0 spiro atoms. The number of pyridine rings is 1. The molecule has 0 aliphatic carbocycles. The molecule has 0 unspecified atom stereocenters. The third-order valence-electron chi connectivity index (χ3n) is 3.30. The van der Waals surface area contributed by atoms with Gasteiger partial charge >= 0.3 is 0 Å². The van der Waals surface area contributed by atoms with Crippen LogP contribution in [-0.4, -0.2) is 9.97 Å². The second-order valence-corrected chi connectivity index (χ2v) is 4.52. The summed E-state index contributed by atoms with van der Waals surface area (Å²) in [4.78, 5) is 7.48. The minimum absolute atomic E-state index is 0.708. The fraction of sp³-hybridized carbons (Fsp3) is 0.125. The number of aryl methyl sites for hydroxylation is 2. The first kappa shape index (κ1) is 11.5. The van der Waals surface area contributed by atoms with Crippen molar-refractivity contribution >= 4 is 11.0 Å². The van der Waals surface area contributed by atoms with Gasteiger partial charge in [-0.25, -0.2) is 4.98 Å². The number of aromatic amines is 1. The Morgan fingerprint density at radius 3 is 2.74 bits per heavy atom. The zero-order valence-electron chi connectivity index (χ0n) is 10.4. The maximum atomic E-state index is 8.77. The zero-order valence-corrected chi connectivity index (χ0v) is 10.4. The van der Waals surface area contributed by atoms with E-state index in [0.717, 1.165) is 18.5 Å². The lowest BCUT2D eigenvalue weighted by atomic mass is 10.0. The van der Waals surface area contributed by atoms with Gasteiger partial charge in [0.05, 0.1) is 11.6 Å². The van der Waals surface area contributed by atoms with Crippen LogP contribution in [0.2, 0.25) is 0 Å². The molecule has 0 aliphatic rings. The number of H-pyrrole nitrogens is 1. The van der Waals surface area contributed by atoms with Crippen molar-refractivity contribution in [3.63, 3.8) is 0 Å². The van der Waals surface area contributed by atoms with Gasteiger partial charge in [0.1, 0.15) is 5.65 Å². The van der Waals surface area contributed by atoms with Crippen LogP contribution < -0.4 is 0 Å². The van der Waals surface area contributed by atoms with Crippen LogP contribution >= 0.6 is 0 Å². The molecule has 0 bridgehead atoms. The Labute approximate surface area is 111 Å². The first-order valence-corrected chi connectivity index (χ1v) is 6.27. The first-order valence-electron chi connectivity index (χ1n) is 6.27. The lowest BCUT2D eigenvalue weighted by molar-refractivity contribution is 0.968. The largest absolute Gasteiger partial charge is 0.346 e. The summed E-state index contributed by atoms with van der Waals surface area (Å²) in [5.41, 5.74) is 4.18. The number of nitrogens with one attached hydrogen (secondary N) is 1. The van der Waals surface area contributed by atoms with Gasteiger partial charge in [0, 0.05) is 17.8 Å². The van der Waals surface area contributed by atoms with Crippen molar-refractivity contribution in [2.24, 2.45) is 0 Å². The number of nitrogens with zero attached hydrogens (tertiary/aromatic N) is 2. The highest BCUT2D eigenvalue weighted by Crippen LogP contribution is 2.17. The van der Waals surface area contributed by atoms with Crippen LogP contribution in [0.1, 0.15) is 16.7 Å². The van der Waals surface area contributed by atoms with Crippen LogP contribution in [0.25, 0.3) is 11.0 Å². The Morgan fingerprint density at radius 2 is 1.95 bits per heavy atom. The van der Waals surface area contributed by atoms with E-state index in [4.69, 9.17) is 5.26 Å². The molecule has 3 rings (SSSR count). The number of aromatic nitrogens is 2. The fourth-order valence-electron chi connectivity index (χ4n) is 2.24. The zero-order chi connectivity index (χ0) is 13.1. The lowest BCUT2D eigenvalue weighted by Crippen LogP contribution is -1.90. The lowest BCUT2D eigenvalue weighted by Gasteiger charge is -2.01. The molecule has 92 valence electrons. The molecule has 0 atom stereocenters. The van der Waals surface area contributed by atoms with Gasteiger partial charge in [-0.2, -0.15) is 5.26 Å². The fourth-order valence-corrected chi connectivity index (χ4v) is 2.24. The summed E-state index contributed by atoms with van der Waals surface area (Å²) in [6.45, 7) is 0. The van der Waals surface area contributed by atoms with Crippen molar-refractivity contribution in [3.8, 4) is 6.07 Å². The van der Waals surface area contributed by atoms with Gasteiger partial charge in [-0.05, 0) is 48.2 Å². The van der Waals surface area contributed by atoms with Crippen LogP contribution in [0.15, 0.2) is 48.8 Å². The predicted molar refractivity (Wildman–Crippen MR) is 74.7 cm³/mol. The normalized spacial score (nSPS) is 10.5. The van der Waals surface area contributed by atoms with Gasteiger partial charge in [-0.3, -0.25) is 0 Å². The maximum absolute atomic E-state index is 8.77. The Morgan fingerprint density at radius 1 is 1.11 bits per heavy atom. The van der Waals surface area contributed by atoms with Gasteiger partial charge < -0.3 is 4.98 Å². The van der Waals surface area contributed by atoms with Crippen LogP contribution in [0, 0.1) is 11.3 Å².